The third kappa shape index (κ3) is 3.07. The van der Waals surface area contributed by atoms with Crippen LogP contribution >= 0.6 is 0 Å². The summed E-state index contributed by atoms with van der Waals surface area (Å²) in [6.07, 6.45) is 0.684. The van der Waals surface area contributed by atoms with Gasteiger partial charge in [0, 0.05) is 17.7 Å². The van der Waals surface area contributed by atoms with Gasteiger partial charge in [0.15, 0.2) is 9.84 Å². The van der Waals surface area contributed by atoms with E-state index in [-0.39, 0.29) is 23.5 Å². The molecule has 0 aromatic heterocycles. The smallest absolute Gasteiger partial charge is 0.150 e. The van der Waals surface area contributed by atoms with Crippen molar-refractivity contribution in [2.45, 2.75) is 12.5 Å². The largest absolute Gasteiger partial charge is 0.497 e. The molecule has 1 fully saturated rings. The van der Waals surface area contributed by atoms with Crippen molar-refractivity contribution in [1.82, 2.24) is 5.32 Å². The van der Waals surface area contributed by atoms with Gasteiger partial charge >= 0.3 is 0 Å². The van der Waals surface area contributed by atoms with Crippen LogP contribution in [0.3, 0.4) is 0 Å². The molecule has 1 aromatic rings. The number of benzene rings is 1. The third-order valence-corrected chi connectivity index (χ3v) is 5.62. The van der Waals surface area contributed by atoms with Crippen LogP contribution in [0.1, 0.15) is 18.0 Å². The molecule has 0 amide bonds. The fourth-order valence-corrected chi connectivity index (χ4v) is 4.65. The summed E-state index contributed by atoms with van der Waals surface area (Å²) in [4.78, 5) is 0. The number of nitrogens with one attached hydrogen (secondary N) is 1. The number of sulfone groups is 1. The molecule has 2 rings (SSSR count). The molecule has 1 aliphatic heterocycles. The maximum Gasteiger partial charge on any atom is 0.150 e. The van der Waals surface area contributed by atoms with Crippen LogP contribution in [0.15, 0.2) is 18.2 Å². The van der Waals surface area contributed by atoms with Gasteiger partial charge in [-0.3, -0.25) is 0 Å². The van der Waals surface area contributed by atoms with Gasteiger partial charge in [0.05, 0.1) is 25.7 Å². The van der Waals surface area contributed by atoms with E-state index in [4.69, 9.17) is 9.47 Å². The molecule has 0 spiro atoms. The SMILES string of the molecule is CNC(c1ccc(OC)cc1OC)C1CCS(=O)(=O)C1. The Hall–Kier alpha value is -1.27. The maximum absolute atomic E-state index is 11.7. The summed E-state index contributed by atoms with van der Waals surface area (Å²) in [6, 6.07) is 5.59. The Bertz CT molecular complexity index is 571. The summed E-state index contributed by atoms with van der Waals surface area (Å²) in [5.74, 6) is 2.02. The number of hydrogen-bond donors (Lipinski definition) is 1. The quantitative estimate of drug-likeness (QED) is 0.890. The van der Waals surface area contributed by atoms with E-state index in [1.165, 1.54) is 0 Å². The fourth-order valence-electron chi connectivity index (χ4n) is 2.81. The molecule has 0 saturated carbocycles. The predicted octanol–water partition coefficient (Wildman–Crippen LogP) is 1.40. The second-order valence-corrected chi connectivity index (χ2v) is 7.27. The normalized spacial score (nSPS) is 22.4. The molecule has 1 aliphatic rings. The Balaban J connectivity index is 2.32. The number of rotatable bonds is 5. The van der Waals surface area contributed by atoms with Crippen molar-refractivity contribution >= 4 is 9.84 Å². The minimum absolute atomic E-state index is 0.0341. The monoisotopic (exact) mass is 299 g/mol. The third-order valence-electron chi connectivity index (χ3n) is 3.83. The van der Waals surface area contributed by atoms with Crippen molar-refractivity contribution < 1.29 is 17.9 Å². The van der Waals surface area contributed by atoms with Gasteiger partial charge in [-0.1, -0.05) is 6.07 Å². The van der Waals surface area contributed by atoms with Gasteiger partial charge in [-0.2, -0.15) is 0 Å². The highest BCUT2D eigenvalue weighted by Crippen LogP contribution is 2.37. The van der Waals surface area contributed by atoms with E-state index >= 15 is 0 Å². The van der Waals surface area contributed by atoms with Gasteiger partial charge in [0.25, 0.3) is 0 Å². The molecule has 2 atom stereocenters. The molecule has 1 aromatic carbocycles. The fraction of sp³-hybridized carbons (Fsp3) is 0.571. The Labute approximate surface area is 120 Å². The molecular formula is C14H21NO4S. The average molecular weight is 299 g/mol. The van der Waals surface area contributed by atoms with Gasteiger partial charge < -0.3 is 14.8 Å². The lowest BCUT2D eigenvalue weighted by atomic mass is 9.92. The van der Waals surface area contributed by atoms with Gasteiger partial charge in [-0.05, 0) is 25.5 Å². The molecule has 1 N–H and O–H groups in total. The van der Waals surface area contributed by atoms with E-state index in [1.54, 1.807) is 14.2 Å². The van der Waals surface area contributed by atoms with Crippen LogP contribution in [-0.4, -0.2) is 41.2 Å². The van der Waals surface area contributed by atoms with Crippen molar-refractivity contribution in [3.05, 3.63) is 23.8 Å². The van der Waals surface area contributed by atoms with Crippen molar-refractivity contribution in [2.24, 2.45) is 5.92 Å². The molecule has 112 valence electrons. The topological polar surface area (TPSA) is 64.6 Å². The summed E-state index contributed by atoms with van der Waals surface area (Å²) >= 11 is 0. The Morgan fingerprint density at radius 3 is 2.55 bits per heavy atom. The van der Waals surface area contributed by atoms with Crippen LogP contribution in [-0.2, 0) is 9.84 Å². The lowest BCUT2D eigenvalue weighted by molar-refractivity contribution is 0.366. The summed E-state index contributed by atoms with van der Waals surface area (Å²) < 4.78 is 33.9. The highest BCUT2D eigenvalue weighted by atomic mass is 32.2. The maximum atomic E-state index is 11.7. The van der Waals surface area contributed by atoms with Crippen LogP contribution in [0.25, 0.3) is 0 Å². The molecule has 0 bridgehead atoms. The summed E-state index contributed by atoms with van der Waals surface area (Å²) in [5.41, 5.74) is 0.970. The first kappa shape index (κ1) is 15.1. The lowest BCUT2D eigenvalue weighted by Gasteiger charge is -2.24. The minimum Gasteiger partial charge on any atom is -0.497 e. The summed E-state index contributed by atoms with van der Waals surface area (Å²) in [7, 11) is 2.16. The Morgan fingerprint density at radius 1 is 1.30 bits per heavy atom. The molecular weight excluding hydrogens is 278 g/mol. The van der Waals surface area contributed by atoms with E-state index in [0.29, 0.717) is 12.2 Å². The second kappa shape index (κ2) is 6.01. The van der Waals surface area contributed by atoms with Gasteiger partial charge in [-0.15, -0.1) is 0 Å². The van der Waals surface area contributed by atoms with Crippen LogP contribution < -0.4 is 14.8 Å². The van der Waals surface area contributed by atoms with Gasteiger partial charge in [-0.25, -0.2) is 8.42 Å². The minimum atomic E-state index is -2.90. The molecule has 1 saturated heterocycles. The van der Waals surface area contributed by atoms with Crippen molar-refractivity contribution in [3.8, 4) is 11.5 Å². The zero-order valence-corrected chi connectivity index (χ0v) is 12.9. The van der Waals surface area contributed by atoms with Crippen LogP contribution in [0, 0.1) is 5.92 Å². The highest BCUT2D eigenvalue weighted by molar-refractivity contribution is 7.91. The second-order valence-electron chi connectivity index (χ2n) is 5.04. The number of hydrogen-bond acceptors (Lipinski definition) is 5. The summed E-state index contributed by atoms with van der Waals surface area (Å²) in [5, 5.41) is 3.22. The van der Waals surface area contributed by atoms with Crippen molar-refractivity contribution in [1.29, 1.82) is 0 Å². The van der Waals surface area contributed by atoms with Crippen LogP contribution in [0.4, 0.5) is 0 Å². The summed E-state index contributed by atoms with van der Waals surface area (Å²) in [6.45, 7) is 0. The zero-order valence-electron chi connectivity index (χ0n) is 12.0. The van der Waals surface area contributed by atoms with Crippen LogP contribution in [0.2, 0.25) is 0 Å². The Kier molecular flexibility index (Phi) is 4.55. The van der Waals surface area contributed by atoms with E-state index in [1.807, 2.05) is 25.2 Å². The van der Waals surface area contributed by atoms with Crippen molar-refractivity contribution in [2.75, 3.05) is 32.8 Å². The molecule has 20 heavy (non-hydrogen) atoms. The zero-order chi connectivity index (χ0) is 14.8. The molecule has 5 nitrogen and oxygen atoms in total. The molecule has 0 radical (unpaired) electrons. The standard InChI is InChI=1S/C14H21NO4S/c1-15-14(10-6-7-20(16,17)9-10)12-5-4-11(18-2)8-13(12)19-3/h4-5,8,10,14-15H,6-7,9H2,1-3H3. The van der Waals surface area contributed by atoms with Crippen LogP contribution in [0.5, 0.6) is 11.5 Å². The highest BCUT2D eigenvalue weighted by Gasteiger charge is 2.34. The van der Waals surface area contributed by atoms with Crippen molar-refractivity contribution in [3.63, 3.8) is 0 Å². The first-order valence-corrected chi connectivity index (χ1v) is 8.42. The average Bonchev–Trinajstić information content (AvgIpc) is 2.80. The van der Waals surface area contributed by atoms with Gasteiger partial charge in [0.2, 0.25) is 0 Å². The number of methoxy groups -OCH3 is 2. The predicted molar refractivity (Wildman–Crippen MR) is 78.1 cm³/mol. The number of ether oxygens (including phenoxy) is 2. The van der Waals surface area contributed by atoms with E-state index in [9.17, 15) is 8.42 Å². The Morgan fingerprint density at radius 2 is 2.05 bits per heavy atom. The molecule has 0 aliphatic carbocycles. The van der Waals surface area contributed by atoms with E-state index in [2.05, 4.69) is 5.32 Å². The van der Waals surface area contributed by atoms with Gasteiger partial charge in [0.1, 0.15) is 11.5 Å². The molecule has 6 heteroatoms. The van der Waals surface area contributed by atoms with E-state index < -0.39 is 9.84 Å². The molecule has 2 unspecified atom stereocenters. The first-order valence-electron chi connectivity index (χ1n) is 6.60. The lowest BCUT2D eigenvalue weighted by Crippen LogP contribution is -2.26. The first-order chi connectivity index (χ1) is 9.50. The molecule has 1 heterocycles. The van der Waals surface area contributed by atoms with E-state index in [0.717, 1.165) is 11.3 Å².